The number of hydrogen-bond donors (Lipinski definition) is 4. The molecule has 0 aliphatic rings. The molecule has 0 bridgehead atoms. The lowest BCUT2D eigenvalue weighted by Crippen LogP contribution is -2.46. The van der Waals surface area contributed by atoms with Crippen LogP contribution in [-0.2, 0) is 0 Å². The number of hydrogen-bond acceptors (Lipinski definition) is 4. The van der Waals surface area contributed by atoms with Crippen LogP contribution in [0.5, 0.6) is 0 Å². The van der Waals surface area contributed by atoms with E-state index < -0.39 is 24.4 Å². The molecule has 4 nitrogen and oxygen atoms in total. The van der Waals surface area contributed by atoms with Crippen molar-refractivity contribution >= 4 is 0 Å². The fourth-order valence-corrected chi connectivity index (χ4v) is 1.95. The largest absolute Gasteiger partial charge is 0.390 e. The van der Waals surface area contributed by atoms with E-state index >= 15 is 0 Å². The molecule has 4 atom stereocenters. The number of aliphatic hydroxyl groups excluding tert-OH is 4. The van der Waals surface area contributed by atoms with Crippen LogP contribution in [0, 0.1) is 10.8 Å². The molecule has 0 fully saturated rings. The van der Waals surface area contributed by atoms with Gasteiger partial charge in [0.25, 0.3) is 0 Å². The summed E-state index contributed by atoms with van der Waals surface area (Å²) in [6.45, 7) is 11.7. The molecular weight excluding hydrogens is 232 g/mol. The first-order valence-corrected chi connectivity index (χ1v) is 6.56. The lowest BCUT2D eigenvalue weighted by atomic mass is 9.83. The second-order valence-corrected chi connectivity index (χ2v) is 7.65. The van der Waals surface area contributed by atoms with Crippen molar-refractivity contribution in [1.82, 2.24) is 0 Å². The van der Waals surface area contributed by atoms with Crippen LogP contribution < -0.4 is 0 Å². The standard InChI is InChI=1S/C14H30O4/c1-13(2,3)7-9(15)11(17)12(18)10(16)8-14(4,5)6/h9-12,15-18H,7-8H2,1-6H3. The van der Waals surface area contributed by atoms with Crippen LogP contribution >= 0.6 is 0 Å². The summed E-state index contributed by atoms with van der Waals surface area (Å²) in [5, 5.41) is 39.4. The van der Waals surface area contributed by atoms with Gasteiger partial charge in [0, 0.05) is 0 Å². The van der Waals surface area contributed by atoms with Gasteiger partial charge in [0.05, 0.1) is 12.2 Å². The second kappa shape index (κ2) is 6.33. The van der Waals surface area contributed by atoms with E-state index in [1.165, 1.54) is 0 Å². The van der Waals surface area contributed by atoms with Gasteiger partial charge in [0.1, 0.15) is 12.2 Å². The van der Waals surface area contributed by atoms with Crippen LogP contribution in [0.25, 0.3) is 0 Å². The van der Waals surface area contributed by atoms with E-state index in [0.29, 0.717) is 12.8 Å². The summed E-state index contributed by atoms with van der Waals surface area (Å²) in [5.74, 6) is 0. The molecule has 4 N–H and O–H groups in total. The highest BCUT2D eigenvalue weighted by molar-refractivity contribution is 4.85. The molecule has 4 unspecified atom stereocenters. The highest BCUT2D eigenvalue weighted by Crippen LogP contribution is 2.26. The minimum absolute atomic E-state index is 0.144. The summed E-state index contributed by atoms with van der Waals surface area (Å²) >= 11 is 0. The van der Waals surface area contributed by atoms with Crippen LogP contribution in [0.2, 0.25) is 0 Å². The van der Waals surface area contributed by atoms with Crippen molar-refractivity contribution in [2.45, 2.75) is 78.8 Å². The number of aliphatic hydroxyl groups is 4. The summed E-state index contributed by atoms with van der Waals surface area (Å²) in [4.78, 5) is 0. The van der Waals surface area contributed by atoms with E-state index in [2.05, 4.69) is 0 Å². The van der Waals surface area contributed by atoms with E-state index in [-0.39, 0.29) is 10.8 Å². The maximum Gasteiger partial charge on any atom is 0.108 e. The first kappa shape index (κ1) is 17.8. The molecule has 0 aliphatic carbocycles. The Kier molecular flexibility index (Phi) is 6.27. The Balaban J connectivity index is 4.45. The zero-order valence-corrected chi connectivity index (χ0v) is 12.5. The zero-order chi connectivity index (χ0) is 14.7. The molecule has 0 aliphatic heterocycles. The maximum absolute atomic E-state index is 9.86. The van der Waals surface area contributed by atoms with Crippen molar-refractivity contribution in [3.8, 4) is 0 Å². The van der Waals surface area contributed by atoms with Gasteiger partial charge in [0.15, 0.2) is 0 Å². The molecule has 0 aromatic carbocycles. The van der Waals surface area contributed by atoms with E-state index in [4.69, 9.17) is 0 Å². The Morgan fingerprint density at radius 1 is 0.611 bits per heavy atom. The van der Waals surface area contributed by atoms with Gasteiger partial charge < -0.3 is 20.4 Å². The Hall–Kier alpha value is -0.160. The number of rotatable bonds is 5. The highest BCUT2D eigenvalue weighted by atomic mass is 16.4. The summed E-state index contributed by atoms with van der Waals surface area (Å²) in [6.07, 6.45) is -3.96. The third kappa shape index (κ3) is 7.31. The van der Waals surface area contributed by atoms with Crippen molar-refractivity contribution in [2.75, 3.05) is 0 Å². The summed E-state index contributed by atoms with van der Waals surface area (Å²) in [7, 11) is 0. The first-order valence-electron chi connectivity index (χ1n) is 6.56. The second-order valence-electron chi connectivity index (χ2n) is 7.65. The van der Waals surface area contributed by atoms with Crippen LogP contribution in [0.4, 0.5) is 0 Å². The molecule has 0 aromatic heterocycles. The lowest BCUT2D eigenvalue weighted by molar-refractivity contribution is -0.118. The van der Waals surface area contributed by atoms with Crippen LogP contribution in [0.3, 0.4) is 0 Å². The molecule has 0 aromatic rings. The fourth-order valence-electron chi connectivity index (χ4n) is 1.95. The third-order valence-corrected chi connectivity index (χ3v) is 2.78. The zero-order valence-electron chi connectivity index (χ0n) is 12.5. The Bertz CT molecular complexity index is 213. The molecule has 0 heterocycles. The first-order chi connectivity index (χ1) is 7.83. The summed E-state index contributed by atoms with van der Waals surface area (Å²) in [6, 6.07) is 0. The SMILES string of the molecule is CC(C)(C)CC(O)C(O)C(O)C(O)CC(C)(C)C. The van der Waals surface area contributed by atoms with Crippen molar-refractivity contribution in [3.63, 3.8) is 0 Å². The van der Waals surface area contributed by atoms with Gasteiger partial charge >= 0.3 is 0 Å². The minimum atomic E-state index is -1.32. The lowest BCUT2D eigenvalue weighted by Gasteiger charge is -2.32. The van der Waals surface area contributed by atoms with Crippen molar-refractivity contribution in [2.24, 2.45) is 10.8 Å². The molecule has 18 heavy (non-hydrogen) atoms. The van der Waals surface area contributed by atoms with E-state index in [0.717, 1.165) is 0 Å². The predicted octanol–water partition coefficient (Wildman–Crippen LogP) is 1.30. The molecule has 4 heteroatoms. The van der Waals surface area contributed by atoms with Crippen molar-refractivity contribution in [1.29, 1.82) is 0 Å². The molecule has 0 saturated carbocycles. The Labute approximate surface area is 111 Å². The topological polar surface area (TPSA) is 80.9 Å². The average molecular weight is 262 g/mol. The Morgan fingerprint density at radius 2 is 0.833 bits per heavy atom. The average Bonchev–Trinajstić information content (AvgIpc) is 2.09. The molecule has 0 saturated heterocycles. The normalized spacial score (nSPS) is 20.3. The highest BCUT2D eigenvalue weighted by Gasteiger charge is 2.34. The van der Waals surface area contributed by atoms with E-state index in [9.17, 15) is 20.4 Å². The maximum atomic E-state index is 9.86. The van der Waals surface area contributed by atoms with Gasteiger partial charge in [-0.15, -0.1) is 0 Å². The minimum Gasteiger partial charge on any atom is -0.390 e. The van der Waals surface area contributed by atoms with E-state index in [1.807, 2.05) is 41.5 Å². The summed E-state index contributed by atoms with van der Waals surface area (Å²) in [5.41, 5.74) is -0.288. The van der Waals surface area contributed by atoms with Crippen LogP contribution in [-0.4, -0.2) is 44.8 Å². The van der Waals surface area contributed by atoms with Gasteiger partial charge in [-0.1, -0.05) is 41.5 Å². The molecule has 0 amide bonds. The molecule has 0 rings (SSSR count). The monoisotopic (exact) mass is 262 g/mol. The van der Waals surface area contributed by atoms with Crippen LogP contribution in [0.15, 0.2) is 0 Å². The van der Waals surface area contributed by atoms with Gasteiger partial charge in [-0.05, 0) is 23.7 Å². The molecule has 110 valence electrons. The smallest absolute Gasteiger partial charge is 0.108 e. The summed E-state index contributed by atoms with van der Waals surface area (Å²) < 4.78 is 0. The van der Waals surface area contributed by atoms with Gasteiger partial charge in [-0.3, -0.25) is 0 Å². The molecule has 0 radical (unpaired) electrons. The van der Waals surface area contributed by atoms with Gasteiger partial charge in [0.2, 0.25) is 0 Å². The molecular formula is C14H30O4. The third-order valence-electron chi connectivity index (χ3n) is 2.78. The van der Waals surface area contributed by atoms with Crippen LogP contribution in [0.1, 0.15) is 54.4 Å². The van der Waals surface area contributed by atoms with Crippen molar-refractivity contribution in [3.05, 3.63) is 0 Å². The van der Waals surface area contributed by atoms with Gasteiger partial charge in [-0.2, -0.15) is 0 Å². The quantitative estimate of drug-likeness (QED) is 0.602. The molecule has 0 spiro atoms. The predicted molar refractivity (Wildman–Crippen MR) is 72.2 cm³/mol. The van der Waals surface area contributed by atoms with Crippen molar-refractivity contribution < 1.29 is 20.4 Å². The van der Waals surface area contributed by atoms with Gasteiger partial charge in [-0.25, -0.2) is 0 Å². The Morgan fingerprint density at radius 3 is 1.00 bits per heavy atom. The van der Waals surface area contributed by atoms with E-state index in [1.54, 1.807) is 0 Å². The fraction of sp³-hybridized carbons (Fsp3) is 1.00.